The molecule has 0 bridgehead atoms. The van der Waals surface area contributed by atoms with Crippen molar-refractivity contribution in [3.8, 4) is 0 Å². The van der Waals surface area contributed by atoms with Gasteiger partial charge >= 0.3 is 12.1 Å². The van der Waals surface area contributed by atoms with Crippen LogP contribution in [0.3, 0.4) is 0 Å². The SMILES string of the molecule is COC(=O)CC=Cc1ccc(C)c(C(F)(F)F)c1. The van der Waals surface area contributed by atoms with Gasteiger partial charge < -0.3 is 4.74 Å². The predicted molar refractivity (Wildman–Crippen MR) is 61.8 cm³/mol. The zero-order valence-electron chi connectivity index (χ0n) is 10.0. The summed E-state index contributed by atoms with van der Waals surface area (Å²) < 4.78 is 42.3. The van der Waals surface area contributed by atoms with Crippen molar-refractivity contribution >= 4 is 12.0 Å². The minimum absolute atomic E-state index is 0.0335. The minimum atomic E-state index is -4.36. The molecule has 2 nitrogen and oxygen atoms in total. The molecule has 5 heteroatoms. The molecule has 0 aliphatic carbocycles. The van der Waals surface area contributed by atoms with E-state index in [1.165, 1.54) is 32.3 Å². The van der Waals surface area contributed by atoms with E-state index in [2.05, 4.69) is 4.74 Å². The molecular weight excluding hydrogens is 245 g/mol. The van der Waals surface area contributed by atoms with Gasteiger partial charge in [0.2, 0.25) is 0 Å². The lowest BCUT2D eigenvalue weighted by molar-refractivity contribution is -0.140. The maximum Gasteiger partial charge on any atom is 0.416 e. The van der Waals surface area contributed by atoms with Crippen LogP contribution in [0.15, 0.2) is 24.3 Å². The van der Waals surface area contributed by atoms with Crippen molar-refractivity contribution in [2.45, 2.75) is 19.5 Å². The van der Waals surface area contributed by atoms with E-state index in [1.807, 2.05) is 0 Å². The van der Waals surface area contributed by atoms with Crippen LogP contribution in [0.25, 0.3) is 6.08 Å². The Balaban J connectivity index is 2.89. The molecule has 98 valence electrons. The maximum absolute atomic E-state index is 12.6. The Morgan fingerprint density at radius 1 is 1.39 bits per heavy atom. The molecule has 0 aliphatic heterocycles. The van der Waals surface area contributed by atoms with Crippen LogP contribution in [0.1, 0.15) is 23.1 Å². The fourth-order valence-corrected chi connectivity index (χ4v) is 1.42. The van der Waals surface area contributed by atoms with Gasteiger partial charge in [-0.2, -0.15) is 13.2 Å². The van der Waals surface area contributed by atoms with Crippen LogP contribution in [-0.2, 0) is 15.7 Å². The molecule has 18 heavy (non-hydrogen) atoms. The largest absolute Gasteiger partial charge is 0.469 e. The highest BCUT2D eigenvalue weighted by atomic mass is 19.4. The smallest absolute Gasteiger partial charge is 0.416 e. The zero-order chi connectivity index (χ0) is 13.8. The number of alkyl halides is 3. The fourth-order valence-electron chi connectivity index (χ4n) is 1.42. The summed E-state index contributed by atoms with van der Waals surface area (Å²) in [5.74, 6) is -0.436. The standard InChI is InChI=1S/C13H13F3O2/c1-9-6-7-10(4-3-5-12(17)18-2)8-11(9)13(14,15)16/h3-4,6-8H,5H2,1-2H3. The summed E-state index contributed by atoms with van der Waals surface area (Å²) in [6.07, 6.45) is -1.40. The van der Waals surface area contributed by atoms with Crippen molar-refractivity contribution in [3.05, 3.63) is 41.0 Å². The van der Waals surface area contributed by atoms with Crippen LogP contribution >= 0.6 is 0 Å². The number of ether oxygens (including phenoxy) is 1. The molecule has 1 aromatic carbocycles. The summed E-state index contributed by atoms with van der Waals surface area (Å²) in [6, 6.07) is 4.03. The average molecular weight is 258 g/mol. The number of aryl methyl sites for hydroxylation is 1. The summed E-state index contributed by atoms with van der Waals surface area (Å²) in [5.41, 5.74) is -0.0906. The van der Waals surface area contributed by atoms with E-state index < -0.39 is 17.7 Å². The molecule has 1 aromatic rings. The van der Waals surface area contributed by atoms with Crippen molar-refractivity contribution < 1.29 is 22.7 Å². The van der Waals surface area contributed by atoms with Gasteiger partial charge in [-0.15, -0.1) is 0 Å². The van der Waals surface area contributed by atoms with Crippen molar-refractivity contribution in [3.63, 3.8) is 0 Å². The Morgan fingerprint density at radius 2 is 2.06 bits per heavy atom. The van der Waals surface area contributed by atoms with Crippen molar-refractivity contribution in [2.75, 3.05) is 7.11 Å². The molecule has 0 unspecified atom stereocenters. The molecule has 1 rings (SSSR count). The second-order valence-corrected chi connectivity index (χ2v) is 3.75. The van der Waals surface area contributed by atoms with E-state index >= 15 is 0 Å². The van der Waals surface area contributed by atoms with Crippen molar-refractivity contribution in [1.29, 1.82) is 0 Å². The van der Waals surface area contributed by atoms with Crippen LogP contribution in [0.4, 0.5) is 13.2 Å². The van der Waals surface area contributed by atoms with Gasteiger partial charge in [0.1, 0.15) is 0 Å². The Morgan fingerprint density at radius 3 is 2.61 bits per heavy atom. The first-order valence-corrected chi connectivity index (χ1v) is 5.26. The topological polar surface area (TPSA) is 26.3 Å². The summed E-state index contributed by atoms with van der Waals surface area (Å²) in [7, 11) is 1.25. The van der Waals surface area contributed by atoms with Crippen molar-refractivity contribution in [2.24, 2.45) is 0 Å². The number of rotatable bonds is 3. The van der Waals surface area contributed by atoms with E-state index in [9.17, 15) is 18.0 Å². The molecular formula is C13H13F3O2. The normalized spacial score (nSPS) is 11.8. The lowest BCUT2D eigenvalue weighted by Gasteiger charge is -2.10. The van der Waals surface area contributed by atoms with Gasteiger partial charge in [-0.1, -0.05) is 24.3 Å². The highest BCUT2D eigenvalue weighted by Crippen LogP contribution is 2.32. The Hall–Kier alpha value is -1.78. The van der Waals surface area contributed by atoms with E-state index in [0.29, 0.717) is 5.56 Å². The third kappa shape index (κ3) is 3.91. The number of methoxy groups -OCH3 is 1. The molecule has 0 aromatic heterocycles. The number of hydrogen-bond acceptors (Lipinski definition) is 2. The van der Waals surface area contributed by atoms with Gasteiger partial charge in [-0.3, -0.25) is 4.79 Å². The first-order valence-electron chi connectivity index (χ1n) is 5.26. The lowest BCUT2D eigenvalue weighted by atomic mass is 10.0. The molecule has 0 saturated heterocycles. The molecule has 0 spiro atoms. The second kappa shape index (κ2) is 5.71. The monoisotopic (exact) mass is 258 g/mol. The fraction of sp³-hybridized carbons (Fsp3) is 0.308. The zero-order valence-corrected chi connectivity index (χ0v) is 10.0. The van der Waals surface area contributed by atoms with Crippen LogP contribution < -0.4 is 0 Å². The summed E-state index contributed by atoms with van der Waals surface area (Å²) in [5, 5.41) is 0. The highest BCUT2D eigenvalue weighted by molar-refractivity contribution is 5.72. The third-order valence-electron chi connectivity index (χ3n) is 2.39. The van der Waals surface area contributed by atoms with Gasteiger partial charge in [0.15, 0.2) is 0 Å². The summed E-state index contributed by atoms with van der Waals surface area (Å²) >= 11 is 0. The maximum atomic E-state index is 12.6. The Labute approximate surface area is 103 Å². The van der Waals surface area contributed by atoms with E-state index in [-0.39, 0.29) is 12.0 Å². The molecule has 0 aliphatic rings. The number of benzene rings is 1. The molecule has 0 saturated carbocycles. The first-order chi connectivity index (χ1) is 8.34. The number of hydrogen-bond donors (Lipinski definition) is 0. The van der Waals surface area contributed by atoms with Crippen LogP contribution in [-0.4, -0.2) is 13.1 Å². The summed E-state index contributed by atoms with van der Waals surface area (Å²) in [4.78, 5) is 10.8. The Bertz CT molecular complexity index is 462. The molecule has 0 atom stereocenters. The molecule has 0 N–H and O–H groups in total. The molecule has 0 amide bonds. The number of esters is 1. The van der Waals surface area contributed by atoms with Gasteiger partial charge in [0, 0.05) is 0 Å². The van der Waals surface area contributed by atoms with Crippen LogP contribution in [0, 0.1) is 6.92 Å². The first kappa shape index (κ1) is 14.3. The van der Waals surface area contributed by atoms with E-state index in [0.717, 1.165) is 6.07 Å². The number of carbonyl (C=O) groups excluding carboxylic acids is 1. The third-order valence-corrected chi connectivity index (χ3v) is 2.39. The van der Waals surface area contributed by atoms with E-state index in [4.69, 9.17) is 0 Å². The average Bonchev–Trinajstić information content (AvgIpc) is 2.29. The lowest BCUT2D eigenvalue weighted by Crippen LogP contribution is -2.07. The quantitative estimate of drug-likeness (QED) is 0.774. The Kier molecular flexibility index (Phi) is 4.53. The number of halogens is 3. The van der Waals surface area contributed by atoms with Crippen LogP contribution in [0.2, 0.25) is 0 Å². The second-order valence-electron chi connectivity index (χ2n) is 3.75. The number of carbonyl (C=O) groups is 1. The molecule has 0 radical (unpaired) electrons. The van der Waals surface area contributed by atoms with E-state index in [1.54, 1.807) is 6.07 Å². The van der Waals surface area contributed by atoms with Gasteiger partial charge in [0.25, 0.3) is 0 Å². The van der Waals surface area contributed by atoms with Crippen LogP contribution in [0.5, 0.6) is 0 Å². The van der Waals surface area contributed by atoms with Crippen molar-refractivity contribution in [1.82, 2.24) is 0 Å². The summed E-state index contributed by atoms with van der Waals surface area (Å²) in [6.45, 7) is 1.41. The predicted octanol–water partition coefficient (Wildman–Crippen LogP) is 3.59. The highest BCUT2D eigenvalue weighted by Gasteiger charge is 2.32. The molecule has 0 fully saturated rings. The van der Waals surface area contributed by atoms with Gasteiger partial charge in [-0.25, -0.2) is 0 Å². The van der Waals surface area contributed by atoms with Gasteiger partial charge in [0.05, 0.1) is 19.1 Å². The minimum Gasteiger partial charge on any atom is -0.469 e. The van der Waals surface area contributed by atoms with Gasteiger partial charge in [-0.05, 0) is 24.1 Å². The molecule has 0 heterocycles.